The highest BCUT2D eigenvalue weighted by Crippen LogP contribution is 2.16. The van der Waals surface area contributed by atoms with Crippen molar-refractivity contribution in [3.8, 4) is 0 Å². The van der Waals surface area contributed by atoms with Crippen molar-refractivity contribution < 1.29 is 0 Å². The predicted molar refractivity (Wildman–Crippen MR) is 50.7 cm³/mol. The molecule has 0 fully saturated rings. The van der Waals surface area contributed by atoms with Gasteiger partial charge in [0.05, 0.1) is 0 Å². The zero-order chi connectivity index (χ0) is 7.28. The zero-order valence-corrected chi connectivity index (χ0v) is 7.96. The van der Waals surface area contributed by atoms with Gasteiger partial charge in [-0.15, -0.1) is 0 Å². The van der Waals surface area contributed by atoms with Crippen molar-refractivity contribution in [1.29, 1.82) is 0 Å². The minimum Gasteiger partial charge on any atom is -0.178 e. The van der Waals surface area contributed by atoms with Crippen LogP contribution in [0.25, 0.3) is 0 Å². The van der Waals surface area contributed by atoms with Crippen LogP contribution in [0.1, 0.15) is 26.7 Å². The second-order valence-electron chi connectivity index (χ2n) is 2.52. The van der Waals surface area contributed by atoms with Gasteiger partial charge in [0.1, 0.15) is 0 Å². The quantitative estimate of drug-likeness (QED) is 0.586. The van der Waals surface area contributed by atoms with Crippen LogP contribution in [0.5, 0.6) is 0 Å². The smallest absolute Gasteiger partial charge is 0.0131 e. The molecule has 2 atom stereocenters. The molecule has 0 spiro atoms. The third kappa shape index (κ3) is 4.15. The third-order valence-electron chi connectivity index (χ3n) is 1.59. The number of hydrogen-bond acceptors (Lipinski definition) is 2. The standard InChI is InChI=1S/C7H16S2/c1-3-4-6(2)7(9)5-8/h6-9H,3-5H2,1-2H3. The molecule has 0 nitrogen and oxygen atoms in total. The van der Waals surface area contributed by atoms with Crippen LogP contribution in [-0.2, 0) is 0 Å². The molecule has 0 saturated heterocycles. The molecule has 0 aliphatic carbocycles. The predicted octanol–water partition coefficient (Wildman–Crippen LogP) is 2.65. The topological polar surface area (TPSA) is 0 Å². The van der Waals surface area contributed by atoms with Gasteiger partial charge in [-0.25, -0.2) is 0 Å². The van der Waals surface area contributed by atoms with E-state index in [2.05, 4.69) is 39.1 Å². The van der Waals surface area contributed by atoms with Gasteiger partial charge >= 0.3 is 0 Å². The van der Waals surface area contributed by atoms with Crippen LogP contribution in [0.3, 0.4) is 0 Å². The summed E-state index contributed by atoms with van der Waals surface area (Å²) in [5, 5.41) is 0.480. The molecule has 0 aliphatic rings. The maximum absolute atomic E-state index is 4.38. The Bertz CT molecular complexity index is 63.9. The van der Waals surface area contributed by atoms with Crippen LogP contribution in [0, 0.1) is 5.92 Å². The van der Waals surface area contributed by atoms with Gasteiger partial charge in [0.15, 0.2) is 0 Å². The molecule has 0 rings (SSSR count). The summed E-state index contributed by atoms with van der Waals surface area (Å²) in [6.45, 7) is 4.44. The molecule has 0 heterocycles. The summed E-state index contributed by atoms with van der Waals surface area (Å²) >= 11 is 8.55. The van der Waals surface area contributed by atoms with Crippen LogP contribution in [0.4, 0.5) is 0 Å². The van der Waals surface area contributed by atoms with Crippen LogP contribution in [-0.4, -0.2) is 11.0 Å². The molecule has 56 valence electrons. The maximum Gasteiger partial charge on any atom is 0.0131 e. The molecule has 0 amide bonds. The van der Waals surface area contributed by atoms with E-state index in [0.717, 1.165) is 11.7 Å². The fraction of sp³-hybridized carbons (Fsp3) is 1.00. The lowest BCUT2D eigenvalue weighted by Gasteiger charge is -2.15. The Balaban J connectivity index is 3.32. The first-order valence-corrected chi connectivity index (χ1v) is 4.66. The summed E-state index contributed by atoms with van der Waals surface area (Å²) in [6, 6.07) is 0. The van der Waals surface area contributed by atoms with E-state index in [1.165, 1.54) is 12.8 Å². The van der Waals surface area contributed by atoms with Gasteiger partial charge in [0.25, 0.3) is 0 Å². The molecule has 0 bridgehead atoms. The van der Waals surface area contributed by atoms with Crippen LogP contribution in [0.15, 0.2) is 0 Å². The lowest BCUT2D eigenvalue weighted by atomic mass is 10.0. The lowest BCUT2D eigenvalue weighted by molar-refractivity contribution is 0.527. The van der Waals surface area contributed by atoms with Gasteiger partial charge in [-0.05, 0) is 12.3 Å². The van der Waals surface area contributed by atoms with Crippen molar-refractivity contribution in [2.75, 3.05) is 5.75 Å². The van der Waals surface area contributed by atoms with E-state index in [9.17, 15) is 0 Å². The highest BCUT2D eigenvalue weighted by Gasteiger charge is 2.08. The molecule has 0 aromatic heterocycles. The molecule has 0 aromatic carbocycles. The number of rotatable bonds is 4. The summed E-state index contributed by atoms with van der Waals surface area (Å²) in [5.41, 5.74) is 0. The molecule has 0 aliphatic heterocycles. The van der Waals surface area contributed by atoms with Gasteiger partial charge in [0, 0.05) is 11.0 Å². The van der Waals surface area contributed by atoms with E-state index in [4.69, 9.17) is 0 Å². The Labute approximate surface area is 69.2 Å². The monoisotopic (exact) mass is 164 g/mol. The minimum atomic E-state index is 0.480. The van der Waals surface area contributed by atoms with Gasteiger partial charge < -0.3 is 0 Å². The van der Waals surface area contributed by atoms with Crippen LogP contribution in [0.2, 0.25) is 0 Å². The molecular weight excluding hydrogens is 148 g/mol. The zero-order valence-electron chi connectivity index (χ0n) is 6.17. The van der Waals surface area contributed by atoms with Crippen molar-refractivity contribution in [2.24, 2.45) is 5.92 Å². The Morgan fingerprint density at radius 3 is 2.33 bits per heavy atom. The van der Waals surface area contributed by atoms with Crippen molar-refractivity contribution in [3.63, 3.8) is 0 Å². The molecule has 2 heteroatoms. The van der Waals surface area contributed by atoms with E-state index in [1.54, 1.807) is 0 Å². The summed E-state index contributed by atoms with van der Waals surface area (Å²) in [5.74, 6) is 1.61. The summed E-state index contributed by atoms with van der Waals surface area (Å²) in [4.78, 5) is 0. The van der Waals surface area contributed by atoms with Crippen molar-refractivity contribution in [3.05, 3.63) is 0 Å². The van der Waals surface area contributed by atoms with Crippen molar-refractivity contribution in [2.45, 2.75) is 31.9 Å². The first-order valence-electron chi connectivity index (χ1n) is 3.51. The summed E-state index contributed by atoms with van der Waals surface area (Å²) in [6.07, 6.45) is 2.53. The molecule has 0 aromatic rings. The van der Waals surface area contributed by atoms with Crippen molar-refractivity contribution >= 4 is 25.3 Å². The number of thiol groups is 2. The Morgan fingerprint density at radius 1 is 1.44 bits per heavy atom. The minimum absolute atomic E-state index is 0.480. The maximum atomic E-state index is 4.38. The summed E-state index contributed by atoms with van der Waals surface area (Å²) in [7, 11) is 0. The van der Waals surface area contributed by atoms with Crippen LogP contribution < -0.4 is 0 Å². The molecular formula is C7H16S2. The highest BCUT2D eigenvalue weighted by atomic mass is 32.1. The van der Waals surface area contributed by atoms with Gasteiger partial charge in [0.2, 0.25) is 0 Å². The highest BCUT2D eigenvalue weighted by molar-refractivity contribution is 7.84. The first-order chi connectivity index (χ1) is 4.22. The Morgan fingerprint density at radius 2 is 2.00 bits per heavy atom. The van der Waals surface area contributed by atoms with Gasteiger partial charge in [-0.1, -0.05) is 20.3 Å². The first kappa shape index (κ1) is 9.70. The van der Waals surface area contributed by atoms with E-state index >= 15 is 0 Å². The normalized spacial score (nSPS) is 17.3. The third-order valence-corrected chi connectivity index (χ3v) is 2.96. The fourth-order valence-corrected chi connectivity index (χ4v) is 1.34. The molecule has 9 heavy (non-hydrogen) atoms. The van der Waals surface area contributed by atoms with E-state index in [-0.39, 0.29) is 0 Å². The van der Waals surface area contributed by atoms with Crippen LogP contribution >= 0.6 is 25.3 Å². The second-order valence-corrected chi connectivity index (χ2v) is 3.54. The Hall–Kier alpha value is 0.700. The second kappa shape index (κ2) is 5.48. The van der Waals surface area contributed by atoms with Crippen molar-refractivity contribution in [1.82, 2.24) is 0 Å². The van der Waals surface area contributed by atoms with E-state index in [0.29, 0.717) is 5.25 Å². The van der Waals surface area contributed by atoms with E-state index in [1.807, 2.05) is 0 Å². The lowest BCUT2D eigenvalue weighted by Crippen LogP contribution is -2.12. The summed E-state index contributed by atoms with van der Waals surface area (Å²) < 4.78 is 0. The van der Waals surface area contributed by atoms with E-state index < -0.39 is 0 Å². The average molecular weight is 164 g/mol. The number of hydrogen-bond donors (Lipinski definition) is 2. The average Bonchev–Trinajstić information content (AvgIpc) is 1.87. The SMILES string of the molecule is CCCC(C)C(S)CS. The fourth-order valence-electron chi connectivity index (χ4n) is 0.828. The largest absolute Gasteiger partial charge is 0.178 e. The van der Waals surface area contributed by atoms with Gasteiger partial charge in [-0.3, -0.25) is 0 Å². The van der Waals surface area contributed by atoms with Gasteiger partial charge in [-0.2, -0.15) is 25.3 Å². The molecule has 0 radical (unpaired) electrons. The Kier molecular flexibility index (Phi) is 5.91. The molecule has 0 saturated carbocycles. The molecule has 0 N–H and O–H groups in total. The molecule has 2 unspecified atom stereocenters.